The van der Waals surface area contributed by atoms with Crippen LogP contribution in [0.5, 0.6) is 0 Å². The molecule has 0 spiro atoms. The highest BCUT2D eigenvalue weighted by atomic mass is 16.7. The highest BCUT2D eigenvalue weighted by molar-refractivity contribution is 4.85. The molecule has 12 unspecified atom stereocenters. The van der Waals surface area contributed by atoms with Crippen molar-refractivity contribution in [1.29, 1.82) is 0 Å². The van der Waals surface area contributed by atoms with E-state index in [1.807, 2.05) is 6.92 Å². The average Bonchev–Trinajstić information content (AvgIpc) is 3.63. The first-order valence-corrected chi connectivity index (χ1v) is 27.5. The first-order valence-electron chi connectivity index (χ1n) is 27.5. The maximum Gasteiger partial charge on any atom is 0.160 e. The van der Waals surface area contributed by atoms with Crippen molar-refractivity contribution in [2.45, 2.75) is 256 Å². The molecule has 2 aliphatic rings. The van der Waals surface area contributed by atoms with Gasteiger partial charge in [0, 0.05) is 57.9 Å². The quantitative estimate of drug-likeness (QED) is 0.0718. The molecule has 0 aromatic carbocycles. The molecule has 2 fully saturated rings. The lowest BCUT2D eigenvalue weighted by molar-refractivity contribution is -0.246. The van der Waals surface area contributed by atoms with Gasteiger partial charge in [-0.2, -0.15) is 0 Å². The van der Waals surface area contributed by atoms with Crippen LogP contribution in [0.4, 0.5) is 0 Å². The average molecular weight is 966 g/mol. The molecule has 0 aromatic rings. The van der Waals surface area contributed by atoms with Crippen molar-refractivity contribution in [3.05, 3.63) is 0 Å². The summed E-state index contributed by atoms with van der Waals surface area (Å²) in [6, 6.07) is 0. The van der Waals surface area contributed by atoms with E-state index in [9.17, 15) is 0 Å². The summed E-state index contributed by atoms with van der Waals surface area (Å²) >= 11 is 0. The lowest BCUT2D eigenvalue weighted by atomic mass is 9.78. The topological polar surface area (TPSA) is 73.8 Å². The van der Waals surface area contributed by atoms with Crippen molar-refractivity contribution >= 4 is 0 Å². The van der Waals surface area contributed by atoms with Crippen LogP contribution in [0.1, 0.15) is 231 Å². The molecule has 0 aliphatic carbocycles. The summed E-state index contributed by atoms with van der Waals surface area (Å²) in [5, 5.41) is 0. The molecule has 8 heteroatoms. The second kappa shape index (κ2) is 45.5. The third kappa shape index (κ3) is 29.7. The SMILES string of the molecule is C.C.CCC(C)C(C)C(C)CC.CCC(C)C1OC(OC)C(C)C1C.CCC(CC)(CC)CC.CCCOCC(CC)(COCCC)COCCC.CCOCC1OC(OC)C(C)C(C)C1C. The summed E-state index contributed by atoms with van der Waals surface area (Å²) in [6.07, 6.45) is 13.9. The molecule has 2 heterocycles. The molecule has 2 aliphatic heterocycles. The summed E-state index contributed by atoms with van der Waals surface area (Å²) in [6.45, 7) is 53.2. The van der Waals surface area contributed by atoms with Gasteiger partial charge in [-0.3, -0.25) is 0 Å². The smallest absolute Gasteiger partial charge is 0.160 e. The first kappa shape index (κ1) is 75.6. The van der Waals surface area contributed by atoms with Gasteiger partial charge in [-0.25, -0.2) is 0 Å². The summed E-state index contributed by atoms with van der Waals surface area (Å²) in [7, 11) is 3.44. The largest absolute Gasteiger partial charge is 0.381 e. The van der Waals surface area contributed by atoms with Crippen LogP contribution in [0.15, 0.2) is 0 Å². The van der Waals surface area contributed by atoms with Crippen LogP contribution < -0.4 is 0 Å². The molecule has 67 heavy (non-hydrogen) atoms. The zero-order valence-electron chi connectivity index (χ0n) is 48.2. The van der Waals surface area contributed by atoms with Gasteiger partial charge in [-0.15, -0.1) is 0 Å². The van der Waals surface area contributed by atoms with Gasteiger partial charge < -0.3 is 37.9 Å². The van der Waals surface area contributed by atoms with Crippen LogP contribution in [0.25, 0.3) is 0 Å². The third-order valence-corrected chi connectivity index (χ3v) is 16.3. The molecule has 0 radical (unpaired) electrons. The predicted octanol–water partition coefficient (Wildman–Crippen LogP) is 17.2. The normalized spacial score (nSPS) is 25.4. The third-order valence-electron chi connectivity index (χ3n) is 16.3. The summed E-state index contributed by atoms with van der Waals surface area (Å²) in [5.74, 6) is 6.04. The van der Waals surface area contributed by atoms with Gasteiger partial charge >= 0.3 is 0 Å². The molecule has 412 valence electrons. The molecule has 0 aromatic heterocycles. The summed E-state index contributed by atoms with van der Waals surface area (Å²) < 4.78 is 45.1. The molecule has 2 saturated heterocycles. The van der Waals surface area contributed by atoms with E-state index in [4.69, 9.17) is 37.9 Å². The van der Waals surface area contributed by atoms with E-state index < -0.39 is 0 Å². The molecule has 0 saturated carbocycles. The Bertz CT molecular complexity index is 952. The lowest BCUT2D eigenvalue weighted by Crippen LogP contribution is -2.47. The Labute approximate surface area is 423 Å². The van der Waals surface area contributed by atoms with E-state index in [0.717, 1.165) is 89.7 Å². The van der Waals surface area contributed by atoms with Gasteiger partial charge in [0.15, 0.2) is 12.6 Å². The standard InChI is InChI=1S/C15H32O3.C12H24O3.C11H22O2.C10H22.C9H20.2CH4/c1-5-9-16-12-15(8-4,13-17-10-6-2)14-18-11-7-3;1-6-14-7-11-9(3)8(2)10(4)12(13-5)15-11;1-6-7(2)10-8(3)9(4)11(12-5)13-10;1-6-8(3)10(5)9(4)7-2;1-5-9(6-2,7-3)8-4;;/h5-14H2,1-4H3;8-12H,6-7H2,1-5H3;7-11H,6H2,1-5H3;8-10H,6-7H2,1-5H3;5-8H2,1-4H3;2*1H4. The Morgan fingerprint density at radius 3 is 1.10 bits per heavy atom. The van der Waals surface area contributed by atoms with Gasteiger partial charge in [-0.05, 0) is 79.4 Å². The molecule has 0 N–H and O–H groups in total. The zero-order chi connectivity index (χ0) is 50.6. The van der Waals surface area contributed by atoms with Crippen molar-refractivity contribution < 1.29 is 37.9 Å². The van der Waals surface area contributed by atoms with Crippen molar-refractivity contribution in [3.8, 4) is 0 Å². The fourth-order valence-corrected chi connectivity index (χ4v) is 8.82. The van der Waals surface area contributed by atoms with Crippen LogP contribution in [0.2, 0.25) is 0 Å². The van der Waals surface area contributed by atoms with Gasteiger partial charge in [0.1, 0.15) is 0 Å². The maximum atomic E-state index is 5.89. The fourth-order valence-electron chi connectivity index (χ4n) is 8.82. The summed E-state index contributed by atoms with van der Waals surface area (Å²) in [5.41, 5.74) is 0.694. The van der Waals surface area contributed by atoms with Crippen LogP contribution in [-0.4, -0.2) is 91.9 Å². The molecule has 2 rings (SSSR count). The van der Waals surface area contributed by atoms with E-state index in [1.165, 1.54) is 44.9 Å². The van der Waals surface area contributed by atoms with Gasteiger partial charge in [0.25, 0.3) is 0 Å². The minimum Gasteiger partial charge on any atom is -0.381 e. The van der Waals surface area contributed by atoms with Gasteiger partial charge in [-0.1, -0.05) is 198 Å². The Balaban J connectivity index is -0.000000242. The van der Waals surface area contributed by atoms with Crippen molar-refractivity contribution in [2.24, 2.45) is 64.1 Å². The second-order valence-corrected chi connectivity index (χ2v) is 20.4. The molecule has 0 amide bonds. The zero-order valence-corrected chi connectivity index (χ0v) is 48.2. The molecular weight excluding hydrogens is 837 g/mol. The Morgan fingerprint density at radius 1 is 0.448 bits per heavy atom. The van der Waals surface area contributed by atoms with Crippen molar-refractivity contribution in [3.63, 3.8) is 0 Å². The van der Waals surface area contributed by atoms with E-state index in [-0.39, 0.29) is 39.0 Å². The van der Waals surface area contributed by atoms with Crippen LogP contribution in [0, 0.1) is 64.1 Å². The highest BCUT2D eigenvalue weighted by Crippen LogP contribution is 2.38. The first-order chi connectivity index (χ1) is 30.8. The summed E-state index contributed by atoms with van der Waals surface area (Å²) in [4.78, 5) is 0. The van der Waals surface area contributed by atoms with Crippen LogP contribution in [0.3, 0.4) is 0 Å². The van der Waals surface area contributed by atoms with Gasteiger partial charge in [0.2, 0.25) is 0 Å². The highest BCUT2D eigenvalue weighted by Gasteiger charge is 2.41. The van der Waals surface area contributed by atoms with Crippen LogP contribution >= 0.6 is 0 Å². The Kier molecular flexibility index (Phi) is 51.4. The number of ether oxygens (including phenoxy) is 8. The van der Waals surface area contributed by atoms with Crippen molar-refractivity contribution in [1.82, 2.24) is 0 Å². The van der Waals surface area contributed by atoms with Gasteiger partial charge in [0.05, 0.1) is 38.6 Å². The Morgan fingerprint density at radius 2 is 0.821 bits per heavy atom. The monoisotopic (exact) mass is 965 g/mol. The number of hydrogen-bond donors (Lipinski definition) is 0. The fraction of sp³-hybridized carbons (Fsp3) is 1.00. The van der Waals surface area contributed by atoms with E-state index in [2.05, 4.69) is 138 Å². The lowest BCUT2D eigenvalue weighted by Gasteiger charge is -2.42. The predicted molar refractivity (Wildman–Crippen MR) is 294 cm³/mol. The molecule has 12 atom stereocenters. The minimum absolute atomic E-state index is 0. The molecule has 8 nitrogen and oxygen atoms in total. The Hall–Kier alpha value is -0.320. The number of rotatable bonds is 28. The van der Waals surface area contributed by atoms with E-state index >= 15 is 0 Å². The molecular formula is C59H128O8. The van der Waals surface area contributed by atoms with Crippen LogP contribution in [-0.2, 0) is 37.9 Å². The van der Waals surface area contributed by atoms with E-state index in [1.54, 1.807) is 14.2 Å². The minimum atomic E-state index is -0.0818. The second-order valence-electron chi connectivity index (χ2n) is 20.4. The number of hydrogen-bond acceptors (Lipinski definition) is 8. The van der Waals surface area contributed by atoms with E-state index in [0.29, 0.717) is 53.6 Å². The molecule has 0 bridgehead atoms. The number of methoxy groups -OCH3 is 2. The van der Waals surface area contributed by atoms with Crippen molar-refractivity contribution in [2.75, 3.05) is 67.1 Å². The maximum absolute atomic E-state index is 5.89.